The van der Waals surface area contributed by atoms with Gasteiger partial charge >= 0.3 is 5.97 Å². The minimum atomic E-state index is -3.63. The normalized spacial score (nSPS) is 18.3. The molecule has 5 nitrogen and oxygen atoms in total. The van der Waals surface area contributed by atoms with Crippen LogP contribution in [0, 0.1) is 0 Å². The lowest BCUT2D eigenvalue weighted by Gasteiger charge is -2.32. The lowest BCUT2D eigenvalue weighted by Crippen LogP contribution is -2.48. The number of unbranched alkanes of at least 4 members (excludes halogenated alkanes) is 1. The van der Waals surface area contributed by atoms with Gasteiger partial charge in [0.1, 0.15) is 10.3 Å². The topological polar surface area (TPSA) is 63.7 Å². The molecule has 0 spiro atoms. The number of carbonyl (C=O) groups is 1. The Morgan fingerprint density at radius 2 is 1.93 bits per heavy atom. The van der Waals surface area contributed by atoms with E-state index < -0.39 is 22.0 Å². The summed E-state index contributed by atoms with van der Waals surface area (Å²) in [5.41, 5.74) is 1.27. The zero-order chi connectivity index (χ0) is 19.1. The predicted octanol–water partition coefficient (Wildman–Crippen LogP) is 3.86. The molecule has 3 rings (SSSR count). The molecule has 1 atom stereocenters. The molecule has 1 fully saturated rings. The van der Waals surface area contributed by atoms with Gasteiger partial charge in [-0.15, -0.1) is 11.3 Å². The summed E-state index contributed by atoms with van der Waals surface area (Å²) in [6.07, 6.45) is 4.77. The van der Waals surface area contributed by atoms with Crippen molar-refractivity contribution in [3.8, 4) is 0 Å². The van der Waals surface area contributed by atoms with E-state index in [1.165, 1.54) is 21.2 Å². The monoisotopic (exact) mass is 407 g/mol. The molecule has 7 heteroatoms. The Labute approximate surface area is 165 Å². The zero-order valence-corrected chi connectivity index (χ0v) is 16.9. The molecule has 2 heterocycles. The van der Waals surface area contributed by atoms with Crippen LogP contribution in [0.5, 0.6) is 0 Å². The number of esters is 1. The molecule has 1 unspecified atom stereocenters. The van der Waals surface area contributed by atoms with Gasteiger partial charge in [0.25, 0.3) is 10.0 Å². The summed E-state index contributed by atoms with van der Waals surface area (Å²) in [4.78, 5) is 12.5. The Morgan fingerprint density at radius 3 is 2.67 bits per heavy atom. The molecule has 0 aliphatic carbocycles. The number of ether oxygens (including phenoxy) is 1. The second-order valence-electron chi connectivity index (χ2n) is 6.67. The maximum absolute atomic E-state index is 12.8. The van der Waals surface area contributed by atoms with E-state index in [1.807, 2.05) is 18.2 Å². The lowest BCUT2D eigenvalue weighted by atomic mass is 10.1. The summed E-state index contributed by atoms with van der Waals surface area (Å²) < 4.78 is 32.7. The number of hydrogen-bond acceptors (Lipinski definition) is 5. The molecule has 1 aromatic carbocycles. The van der Waals surface area contributed by atoms with E-state index in [9.17, 15) is 13.2 Å². The van der Waals surface area contributed by atoms with Crippen molar-refractivity contribution in [3.63, 3.8) is 0 Å². The van der Waals surface area contributed by atoms with Crippen LogP contribution >= 0.6 is 11.3 Å². The number of rotatable bonds is 8. The molecule has 0 N–H and O–H groups in total. The zero-order valence-electron chi connectivity index (χ0n) is 15.2. The molecule has 1 aliphatic rings. The highest BCUT2D eigenvalue weighted by molar-refractivity contribution is 7.91. The molecule has 2 aromatic rings. The van der Waals surface area contributed by atoms with E-state index >= 15 is 0 Å². The Balaban J connectivity index is 1.51. The van der Waals surface area contributed by atoms with Gasteiger partial charge in [-0.25, -0.2) is 8.42 Å². The van der Waals surface area contributed by atoms with Crippen molar-refractivity contribution in [1.29, 1.82) is 0 Å². The number of thiophene rings is 1. The van der Waals surface area contributed by atoms with E-state index in [0.29, 0.717) is 19.6 Å². The number of nitrogens with zero attached hydrogens (tertiary/aromatic N) is 1. The number of piperidine rings is 1. The highest BCUT2D eigenvalue weighted by atomic mass is 32.2. The minimum Gasteiger partial charge on any atom is -0.464 e. The molecule has 1 saturated heterocycles. The highest BCUT2D eigenvalue weighted by Gasteiger charge is 2.38. The minimum absolute atomic E-state index is 0.282. The Bertz CT molecular complexity index is 819. The second kappa shape index (κ2) is 9.48. The first-order valence-corrected chi connectivity index (χ1v) is 11.7. The van der Waals surface area contributed by atoms with Gasteiger partial charge in [0.2, 0.25) is 0 Å². The predicted molar refractivity (Wildman–Crippen MR) is 106 cm³/mol. The van der Waals surface area contributed by atoms with Crippen molar-refractivity contribution in [3.05, 3.63) is 53.4 Å². The first kappa shape index (κ1) is 20.0. The van der Waals surface area contributed by atoms with Crippen molar-refractivity contribution in [2.75, 3.05) is 13.2 Å². The van der Waals surface area contributed by atoms with Gasteiger partial charge in [-0.1, -0.05) is 36.4 Å². The van der Waals surface area contributed by atoms with Crippen molar-refractivity contribution < 1.29 is 17.9 Å². The average Bonchev–Trinajstić information content (AvgIpc) is 3.24. The van der Waals surface area contributed by atoms with Gasteiger partial charge in [-0.05, 0) is 55.5 Å². The number of hydrogen-bond donors (Lipinski definition) is 0. The molecular weight excluding hydrogens is 382 g/mol. The summed E-state index contributed by atoms with van der Waals surface area (Å²) in [7, 11) is -3.63. The summed E-state index contributed by atoms with van der Waals surface area (Å²) >= 11 is 1.18. The van der Waals surface area contributed by atoms with Crippen LogP contribution in [-0.4, -0.2) is 37.9 Å². The number of carbonyl (C=O) groups excluding carboxylic acids is 1. The summed E-state index contributed by atoms with van der Waals surface area (Å²) in [5.74, 6) is -0.422. The van der Waals surface area contributed by atoms with Gasteiger partial charge < -0.3 is 4.74 Å². The molecule has 0 saturated carbocycles. The molecule has 146 valence electrons. The van der Waals surface area contributed by atoms with Gasteiger partial charge in [-0.3, -0.25) is 4.79 Å². The van der Waals surface area contributed by atoms with Crippen molar-refractivity contribution >= 4 is 27.3 Å². The largest absolute Gasteiger partial charge is 0.464 e. The van der Waals surface area contributed by atoms with Crippen LogP contribution in [0.1, 0.15) is 37.7 Å². The fourth-order valence-corrected chi connectivity index (χ4v) is 6.07. The fourth-order valence-electron chi connectivity index (χ4n) is 3.30. The molecule has 0 amide bonds. The number of sulfonamides is 1. The molecular formula is C20H25NO4S2. The Hall–Kier alpha value is -1.70. The Morgan fingerprint density at radius 1 is 1.11 bits per heavy atom. The van der Waals surface area contributed by atoms with Crippen LogP contribution in [0.25, 0.3) is 0 Å². The molecule has 0 radical (unpaired) electrons. The van der Waals surface area contributed by atoms with Gasteiger partial charge in [0.05, 0.1) is 6.61 Å². The Kier molecular flexibility index (Phi) is 7.04. The van der Waals surface area contributed by atoms with E-state index in [1.54, 1.807) is 17.5 Å². The fraction of sp³-hybridized carbons (Fsp3) is 0.450. The molecule has 27 heavy (non-hydrogen) atoms. The highest BCUT2D eigenvalue weighted by Crippen LogP contribution is 2.28. The molecule has 1 aromatic heterocycles. The third-order valence-electron chi connectivity index (χ3n) is 4.73. The summed E-state index contributed by atoms with van der Waals surface area (Å²) in [5, 5.41) is 1.73. The first-order valence-electron chi connectivity index (χ1n) is 9.35. The quantitative estimate of drug-likeness (QED) is 0.492. The maximum atomic E-state index is 12.8. The standard InChI is InChI=1S/C20H25NO4S2/c22-20(25-15-7-5-11-17-9-2-1-3-10-17)18-12-4-6-14-21(18)27(23,24)19-13-8-16-26-19/h1-3,8-10,13,16,18H,4-7,11-12,14-15H2. The number of aryl methyl sites for hydroxylation is 1. The van der Waals surface area contributed by atoms with Crippen LogP contribution in [0.15, 0.2) is 52.1 Å². The first-order chi connectivity index (χ1) is 13.1. The SMILES string of the molecule is O=C(OCCCCc1ccccc1)C1CCCCN1S(=O)(=O)c1cccs1. The van der Waals surface area contributed by atoms with Gasteiger partial charge in [0.15, 0.2) is 0 Å². The smallest absolute Gasteiger partial charge is 0.324 e. The van der Waals surface area contributed by atoms with Crippen LogP contribution < -0.4 is 0 Å². The third kappa shape index (κ3) is 5.18. The van der Waals surface area contributed by atoms with E-state index in [0.717, 1.165) is 32.1 Å². The van der Waals surface area contributed by atoms with Crippen LogP contribution in [0.3, 0.4) is 0 Å². The van der Waals surface area contributed by atoms with Gasteiger partial charge in [0, 0.05) is 6.54 Å². The van der Waals surface area contributed by atoms with Crippen molar-refractivity contribution in [2.45, 2.75) is 48.8 Å². The van der Waals surface area contributed by atoms with E-state index in [4.69, 9.17) is 4.74 Å². The molecule has 0 bridgehead atoms. The van der Waals surface area contributed by atoms with E-state index in [2.05, 4.69) is 12.1 Å². The van der Waals surface area contributed by atoms with Crippen LogP contribution in [-0.2, 0) is 26.0 Å². The summed E-state index contributed by atoms with van der Waals surface area (Å²) in [6.45, 7) is 0.697. The van der Waals surface area contributed by atoms with Crippen molar-refractivity contribution in [2.24, 2.45) is 0 Å². The van der Waals surface area contributed by atoms with E-state index in [-0.39, 0.29) is 4.21 Å². The van der Waals surface area contributed by atoms with Crippen LogP contribution in [0.2, 0.25) is 0 Å². The average molecular weight is 408 g/mol. The van der Waals surface area contributed by atoms with Crippen LogP contribution in [0.4, 0.5) is 0 Å². The lowest BCUT2D eigenvalue weighted by molar-refractivity contribution is -0.149. The van der Waals surface area contributed by atoms with Crippen molar-refractivity contribution in [1.82, 2.24) is 4.31 Å². The summed E-state index contributed by atoms with van der Waals surface area (Å²) in [6, 6.07) is 12.8. The molecule has 1 aliphatic heterocycles. The second-order valence-corrected chi connectivity index (χ2v) is 9.73. The van der Waals surface area contributed by atoms with Gasteiger partial charge in [-0.2, -0.15) is 4.31 Å². The number of benzene rings is 1. The third-order valence-corrected chi connectivity index (χ3v) is 8.01. The maximum Gasteiger partial charge on any atom is 0.324 e.